The summed E-state index contributed by atoms with van der Waals surface area (Å²) in [7, 11) is 0. The van der Waals surface area contributed by atoms with Gasteiger partial charge in [-0.15, -0.1) is 0 Å². The third-order valence-corrected chi connectivity index (χ3v) is 2.20. The predicted octanol–water partition coefficient (Wildman–Crippen LogP) is 0.637. The summed E-state index contributed by atoms with van der Waals surface area (Å²) in [6.07, 6.45) is 2.70. The fourth-order valence-electron chi connectivity index (χ4n) is 1.50. The molecule has 0 aliphatic carbocycles. The van der Waals surface area contributed by atoms with Crippen molar-refractivity contribution in [2.75, 3.05) is 13.2 Å². The van der Waals surface area contributed by atoms with Crippen molar-refractivity contribution in [3.05, 3.63) is 17.5 Å². The molecule has 1 atom stereocenters. The van der Waals surface area contributed by atoms with Crippen LogP contribution in [0.4, 0.5) is 0 Å². The Bertz CT molecular complexity index is 253. The van der Waals surface area contributed by atoms with Crippen LogP contribution in [0.25, 0.3) is 0 Å². The lowest BCUT2D eigenvalue weighted by Gasteiger charge is -2.03. The van der Waals surface area contributed by atoms with Gasteiger partial charge in [0, 0.05) is 24.6 Å². The minimum absolute atomic E-state index is 0.367. The molecule has 4 heteroatoms. The fourth-order valence-corrected chi connectivity index (χ4v) is 1.50. The lowest BCUT2D eigenvalue weighted by molar-refractivity contribution is 0.189. The molecular formula is C8H12N2O2. The van der Waals surface area contributed by atoms with Crippen LogP contribution >= 0.6 is 0 Å². The fraction of sp³-hybridized carbons (Fsp3) is 0.625. The van der Waals surface area contributed by atoms with E-state index >= 15 is 0 Å². The number of ether oxygens (including phenoxy) is 1. The molecule has 0 saturated carbocycles. The van der Waals surface area contributed by atoms with Gasteiger partial charge in [0.25, 0.3) is 0 Å². The highest BCUT2D eigenvalue weighted by Gasteiger charge is 2.23. The van der Waals surface area contributed by atoms with E-state index in [2.05, 4.69) is 5.16 Å². The normalized spacial score (nSPS) is 23.2. The van der Waals surface area contributed by atoms with Crippen molar-refractivity contribution in [2.24, 2.45) is 5.73 Å². The summed E-state index contributed by atoms with van der Waals surface area (Å²) in [6.45, 7) is 2.05. The van der Waals surface area contributed by atoms with Crippen molar-refractivity contribution in [1.82, 2.24) is 5.16 Å². The Kier molecular flexibility index (Phi) is 2.10. The molecule has 1 aliphatic heterocycles. The molecular weight excluding hydrogens is 156 g/mol. The largest absolute Gasteiger partial charge is 0.381 e. The number of nitrogens with two attached hydrogens (primary N) is 1. The highest BCUT2D eigenvalue weighted by molar-refractivity contribution is 5.18. The van der Waals surface area contributed by atoms with Crippen LogP contribution in [0.5, 0.6) is 0 Å². The zero-order chi connectivity index (χ0) is 8.39. The van der Waals surface area contributed by atoms with Crippen LogP contribution in [0.15, 0.2) is 10.7 Å². The van der Waals surface area contributed by atoms with E-state index in [1.54, 1.807) is 6.20 Å². The van der Waals surface area contributed by atoms with E-state index in [0.29, 0.717) is 12.5 Å². The molecule has 0 radical (unpaired) electrons. The Labute approximate surface area is 70.7 Å². The molecule has 2 rings (SSSR count). The van der Waals surface area contributed by atoms with E-state index in [1.165, 1.54) is 0 Å². The minimum atomic E-state index is 0.367. The monoisotopic (exact) mass is 168 g/mol. The summed E-state index contributed by atoms with van der Waals surface area (Å²) in [5.41, 5.74) is 6.53. The molecule has 0 spiro atoms. The summed E-state index contributed by atoms with van der Waals surface area (Å²) >= 11 is 0. The molecule has 1 fully saturated rings. The lowest BCUT2D eigenvalue weighted by Crippen LogP contribution is -2.03. The van der Waals surface area contributed by atoms with E-state index in [-0.39, 0.29) is 0 Å². The van der Waals surface area contributed by atoms with Gasteiger partial charge >= 0.3 is 0 Å². The van der Waals surface area contributed by atoms with Gasteiger partial charge in [-0.2, -0.15) is 0 Å². The molecule has 0 aromatic carbocycles. The van der Waals surface area contributed by atoms with Crippen molar-refractivity contribution < 1.29 is 9.26 Å². The molecule has 2 heterocycles. The van der Waals surface area contributed by atoms with Gasteiger partial charge in [-0.1, -0.05) is 5.16 Å². The van der Waals surface area contributed by atoms with Gasteiger partial charge in [0.2, 0.25) is 0 Å². The van der Waals surface area contributed by atoms with Crippen LogP contribution in [-0.4, -0.2) is 18.4 Å². The van der Waals surface area contributed by atoms with Gasteiger partial charge in [0.15, 0.2) is 0 Å². The summed E-state index contributed by atoms with van der Waals surface area (Å²) in [4.78, 5) is 0. The van der Waals surface area contributed by atoms with Gasteiger partial charge < -0.3 is 15.0 Å². The van der Waals surface area contributed by atoms with Crippen molar-refractivity contribution in [3.63, 3.8) is 0 Å². The van der Waals surface area contributed by atoms with Crippen molar-refractivity contribution in [1.29, 1.82) is 0 Å². The van der Waals surface area contributed by atoms with Crippen LogP contribution in [-0.2, 0) is 11.3 Å². The zero-order valence-corrected chi connectivity index (χ0v) is 6.82. The molecule has 1 aromatic heterocycles. The molecule has 66 valence electrons. The topological polar surface area (TPSA) is 61.3 Å². The second kappa shape index (κ2) is 3.25. The lowest BCUT2D eigenvalue weighted by atomic mass is 10.0. The van der Waals surface area contributed by atoms with Crippen LogP contribution in [0.3, 0.4) is 0 Å². The number of hydrogen-bond acceptors (Lipinski definition) is 4. The molecule has 0 bridgehead atoms. The Morgan fingerprint density at radius 3 is 3.25 bits per heavy atom. The maximum absolute atomic E-state index is 5.52. The Morgan fingerprint density at radius 1 is 1.67 bits per heavy atom. The highest BCUT2D eigenvalue weighted by Crippen LogP contribution is 2.27. The summed E-state index contributed by atoms with van der Waals surface area (Å²) < 4.78 is 10.4. The second-order valence-electron chi connectivity index (χ2n) is 2.98. The summed E-state index contributed by atoms with van der Waals surface area (Å²) in [5, 5.41) is 3.73. The quantitative estimate of drug-likeness (QED) is 0.703. The molecule has 1 saturated heterocycles. The third-order valence-electron chi connectivity index (χ3n) is 2.20. The highest BCUT2D eigenvalue weighted by atomic mass is 16.5. The van der Waals surface area contributed by atoms with Crippen molar-refractivity contribution in [2.45, 2.75) is 18.9 Å². The van der Waals surface area contributed by atoms with Gasteiger partial charge in [-0.25, -0.2) is 0 Å². The van der Waals surface area contributed by atoms with Crippen LogP contribution in [0.1, 0.15) is 23.7 Å². The van der Waals surface area contributed by atoms with Crippen molar-refractivity contribution in [3.8, 4) is 0 Å². The summed E-state index contributed by atoms with van der Waals surface area (Å²) in [5.74, 6) is 1.28. The maximum Gasteiger partial charge on any atom is 0.146 e. The first-order valence-electron chi connectivity index (χ1n) is 4.13. The summed E-state index contributed by atoms with van der Waals surface area (Å²) in [6, 6.07) is 0. The van der Waals surface area contributed by atoms with Crippen LogP contribution in [0, 0.1) is 0 Å². The Hall–Kier alpha value is -0.870. The van der Waals surface area contributed by atoms with Gasteiger partial charge in [-0.05, 0) is 6.42 Å². The van der Waals surface area contributed by atoms with Crippen molar-refractivity contribution >= 4 is 0 Å². The maximum atomic E-state index is 5.52. The third kappa shape index (κ3) is 1.23. The minimum Gasteiger partial charge on any atom is -0.381 e. The predicted molar refractivity (Wildman–Crippen MR) is 42.6 cm³/mol. The zero-order valence-electron chi connectivity index (χ0n) is 6.82. The van der Waals surface area contributed by atoms with E-state index in [1.807, 2.05) is 0 Å². The smallest absolute Gasteiger partial charge is 0.146 e. The van der Waals surface area contributed by atoms with Crippen LogP contribution in [0.2, 0.25) is 0 Å². The number of hydrogen-bond donors (Lipinski definition) is 1. The molecule has 4 nitrogen and oxygen atoms in total. The average molecular weight is 168 g/mol. The standard InChI is InChI=1S/C8H12N2O2/c9-3-7-4-10-12-8(7)6-1-2-11-5-6/h4,6H,1-3,5,9H2. The molecule has 1 aromatic rings. The first-order chi connectivity index (χ1) is 5.92. The number of aromatic nitrogens is 1. The SMILES string of the molecule is NCc1cnoc1C1CCOC1. The molecule has 1 aliphatic rings. The molecule has 2 N–H and O–H groups in total. The van der Waals surface area contributed by atoms with E-state index in [9.17, 15) is 0 Å². The molecule has 12 heavy (non-hydrogen) atoms. The van der Waals surface area contributed by atoms with Gasteiger partial charge in [0.05, 0.1) is 12.8 Å². The number of nitrogens with zero attached hydrogens (tertiary/aromatic N) is 1. The van der Waals surface area contributed by atoms with Gasteiger partial charge in [-0.3, -0.25) is 0 Å². The molecule has 1 unspecified atom stereocenters. The van der Waals surface area contributed by atoms with E-state index in [0.717, 1.165) is 31.0 Å². The van der Waals surface area contributed by atoms with Gasteiger partial charge in [0.1, 0.15) is 5.76 Å². The van der Waals surface area contributed by atoms with E-state index in [4.69, 9.17) is 15.0 Å². The first-order valence-corrected chi connectivity index (χ1v) is 4.13. The molecule has 0 amide bonds. The first kappa shape index (κ1) is 7.76. The Balaban J connectivity index is 2.19. The average Bonchev–Trinajstić information content (AvgIpc) is 2.74. The van der Waals surface area contributed by atoms with E-state index < -0.39 is 0 Å². The van der Waals surface area contributed by atoms with Crippen LogP contribution < -0.4 is 5.73 Å². The second-order valence-corrected chi connectivity index (χ2v) is 2.98. The number of rotatable bonds is 2. The Morgan fingerprint density at radius 2 is 2.58 bits per heavy atom.